The molecule has 20 heavy (non-hydrogen) atoms. The van der Waals surface area contributed by atoms with E-state index in [9.17, 15) is 13.6 Å². The molecule has 106 valence electrons. The van der Waals surface area contributed by atoms with E-state index in [1.807, 2.05) is 0 Å². The van der Waals surface area contributed by atoms with Crippen LogP contribution in [0.25, 0.3) is 11.3 Å². The second kappa shape index (κ2) is 6.23. The Labute approximate surface area is 114 Å². The van der Waals surface area contributed by atoms with Gasteiger partial charge in [0.15, 0.2) is 5.69 Å². The fourth-order valence-electron chi connectivity index (χ4n) is 1.78. The third kappa shape index (κ3) is 2.81. The van der Waals surface area contributed by atoms with Crippen molar-refractivity contribution in [1.82, 2.24) is 15.0 Å². The molecule has 1 aromatic heterocycles. The first-order chi connectivity index (χ1) is 9.67. The van der Waals surface area contributed by atoms with Crippen molar-refractivity contribution in [2.75, 3.05) is 13.3 Å². The highest BCUT2D eigenvalue weighted by molar-refractivity contribution is 5.94. The Balaban J connectivity index is 2.49. The molecule has 0 bridgehead atoms. The van der Waals surface area contributed by atoms with Gasteiger partial charge in [0.05, 0.1) is 13.2 Å². The van der Waals surface area contributed by atoms with E-state index in [1.54, 1.807) is 6.92 Å². The molecule has 1 heterocycles. The van der Waals surface area contributed by atoms with E-state index in [2.05, 4.69) is 10.3 Å². The molecule has 0 radical (unpaired) electrons. The van der Waals surface area contributed by atoms with Crippen LogP contribution in [0.5, 0.6) is 0 Å². The van der Waals surface area contributed by atoms with Crippen molar-refractivity contribution < 1.29 is 18.3 Å². The number of alkyl halides is 1. The van der Waals surface area contributed by atoms with Gasteiger partial charge in [-0.1, -0.05) is 5.21 Å². The van der Waals surface area contributed by atoms with Crippen molar-refractivity contribution in [1.29, 1.82) is 0 Å². The van der Waals surface area contributed by atoms with Gasteiger partial charge >= 0.3 is 5.97 Å². The number of carbonyl (C=O) groups excluding carboxylic acids is 1. The first-order valence-electron chi connectivity index (χ1n) is 6.10. The number of aromatic nitrogens is 3. The number of esters is 1. The van der Waals surface area contributed by atoms with Gasteiger partial charge in [0.25, 0.3) is 0 Å². The van der Waals surface area contributed by atoms with Crippen molar-refractivity contribution in [3.63, 3.8) is 0 Å². The van der Waals surface area contributed by atoms with Gasteiger partial charge in [0.1, 0.15) is 18.2 Å². The van der Waals surface area contributed by atoms with E-state index in [0.717, 1.165) is 0 Å². The monoisotopic (exact) mass is 281 g/mol. The molecule has 0 unspecified atom stereocenters. The molecule has 7 heteroatoms. The van der Waals surface area contributed by atoms with Crippen molar-refractivity contribution in [3.05, 3.63) is 35.8 Å². The van der Waals surface area contributed by atoms with Gasteiger partial charge in [-0.2, -0.15) is 0 Å². The van der Waals surface area contributed by atoms with E-state index in [1.165, 1.54) is 28.9 Å². The van der Waals surface area contributed by atoms with Gasteiger partial charge in [-0.05, 0) is 31.2 Å². The van der Waals surface area contributed by atoms with Crippen LogP contribution in [0.4, 0.5) is 8.78 Å². The van der Waals surface area contributed by atoms with Crippen LogP contribution in [0.3, 0.4) is 0 Å². The highest BCUT2D eigenvalue weighted by Crippen LogP contribution is 2.23. The maximum absolute atomic E-state index is 13.0. The molecule has 0 saturated carbocycles. The molecular formula is C13H13F2N3O2. The van der Waals surface area contributed by atoms with Crippen LogP contribution in [0, 0.1) is 5.82 Å². The number of hydrogen-bond donors (Lipinski definition) is 0. The summed E-state index contributed by atoms with van der Waals surface area (Å²) in [4.78, 5) is 11.8. The topological polar surface area (TPSA) is 57.0 Å². The summed E-state index contributed by atoms with van der Waals surface area (Å²) < 4.78 is 31.6. The minimum absolute atomic E-state index is 0.00749. The minimum atomic E-state index is -0.653. The quantitative estimate of drug-likeness (QED) is 0.789. The van der Waals surface area contributed by atoms with Crippen LogP contribution >= 0.6 is 0 Å². The Hall–Kier alpha value is -2.31. The van der Waals surface area contributed by atoms with Crippen molar-refractivity contribution in [3.8, 4) is 11.3 Å². The minimum Gasteiger partial charge on any atom is -0.461 e. The number of aryl methyl sites for hydroxylation is 1. The Morgan fingerprint density at radius 3 is 2.65 bits per heavy atom. The first-order valence-corrected chi connectivity index (χ1v) is 6.10. The lowest BCUT2D eigenvalue weighted by Gasteiger charge is -2.06. The number of nitrogens with zero attached hydrogens (tertiary/aromatic N) is 3. The maximum Gasteiger partial charge on any atom is 0.361 e. The maximum atomic E-state index is 13.0. The molecule has 0 atom stereocenters. The van der Waals surface area contributed by atoms with E-state index >= 15 is 0 Å². The van der Waals surface area contributed by atoms with Crippen LogP contribution in [-0.4, -0.2) is 34.2 Å². The Morgan fingerprint density at radius 2 is 2.05 bits per heavy atom. The largest absolute Gasteiger partial charge is 0.461 e. The summed E-state index contributed by atoms with van der Waals surface area (Å²) in [6.07, 6.45) is 0. The highest BCUT2D eigenvalue weighted by atomic mass is 19.1. The number of benzene rings is 1. The summed E-state index contributed by atoms with van der Waals surface area (Å²) >= 11 is 0. The summed E-state index contributed by atoms with van der Waals surface area (Å²) in [7, 11) is 0. The summed E-state index contributed by atoms with van der Waals surface area (Å²) in [6.45, 7) is 1.16. The lowest BCUT2D eigenvalue weighted by atomic mass is 10.1. The molecule has 1 aromatic carbocycles. The lowest BCUT2D eigenvalue weighted by molar-refractivity contribution is 0.0520. The van der Waals surface area contributed by atoms with Gasteiger partial charge in [-0.3, -0.25) is 0 Å². The summed E-state index contributed by atoms with van der Waals surface area (Å²) in [6, 6.07) is 5.45. The molecule has 0 spiro atoms. The van der Waals surface area contributed by atoms with E-state index in [-0.39, 0.29) is 18.8 Å². The molecule has 2 rings (SSSR count). The fourth-order valence-corrected chi connectivity index (χ4v) is 1.78. The average Bonchev–Trinajstić information content (AvgIpc) is 2.84. The first kappa shape index (κ1) is 14.1. The molecule has 0 saturated heterocycles. The number of carbonyl (C=O) groups is 1. The molecular weight excluding hydrogens is 268 g/mol. The van der Waals surface area contributed by atoms with Crippen LogP contribution in [0.15, 0.2) is 24.3 Å². The highest BCUT2D eigenvalue weighted by Gasteiger charge is 2.22. The van der Waals surface area contributed by atoms with Crippen molar-refractivity contribution >= 4 is 5.97 Å². The Morgan fingerprint density at radius 1 is 1.35 bits per heavy atom. The second-order valence-corrected chi connectivity index (χ2v) is 3.93. The molecule has 0 amide bonds. The van der Waals surface area contributed by atoms with Gasteiger partial charge in [-0.25, -0.2) is 18.3 Å². The molecule has 2 aromatic rings. The molecule has 0 aliphatic rings. The Kier molecular flexibility index (Phi) is 4.39. The standard InChI is InChI=1S/C13H13F2N3O2/c1-2-20-13(19)11-12(18(8-7-14)17-16-11)9-3-5-10(15)6-4-9/h3-6H,2,7-8H2,1H3. The lowest BCUT2D eigenvalue weighted by Crippen LogP contribution is -2.09. The fraction of sp³-hybridized carbons (Fsp3) is 0.308. The summed E-state index contributed by atoms with van der Waals surface area (Å²) in [5, 5.41) is 7.47. The van der Waals surface area contributed by atoms with E-state index in [4.69, 9.17) is 4.74 Å². The summed E-state index contributed by atoms with van der Waals surface area (Å²) in [5.74, 6) is -1.05. The SMILES string of the molecule is CCOC(=O)c1nnn(CCF)c1-c1ccc(F)cc1. The number of rotatable bonds is 5. The molecule has 0 aliphatic carbocycles. The number of hydrogen-bond acceptors (Lipinski definition) is 4. The normalized spacial score (nSPS) is 10.6. The third-order valence-corrected chi connectivity index (χ3v) is 2.62. The van der Waals surface area contributed by atoms with E-state index in [0.29, 0.717) is 11.3 Å². The van der Waals surface area contributed by atoms with Crippen LogP contribution in [0.1, 0.15) is 17.4 Å². The zero-order valence-corrected chi connectivity index (χ0v) is 10.8. The smallest absolute Gasteiger partial charge is 0.361 e. The second-order valence-electron chi connectivity index (χ2n) is 3.93. The number of halogens is 2. The van der Waals surface area contributed by atoms with Crippen molar-refractivity contribution in [2.45, 2.75) is 13.5 Å². The molecule has 0 aliphatic heterocycles. The van der Waals surface area contributed by atoms with Gasteiger partial charge in [0, 0.05) is 5.56 Å². The Bertz CT molecular complexity index is 596. The molecule has 0 fully saturated rings. The van der Waals surface area contributed by atoms with Crippen LogP contribution in [-0.2, 0) is 11.3 Å². The summed E-state index contributed by atoms with van der Waals surface area (Å²) in [5.41, 5.74) is 0.834. The molecule has 5 nitrogen and oxygen atoms in total. The zero-order chi connectivity index (χ0) is 14.5. The van der Waals surface area contributed by atoms with E-state index < -0.39 is 18.5 Å². The van der Waals surface area contributed by atoms with Gasteiger partial charge < -0.3 is 4.74 Å². The number of ether oxygens (including phenoxy) is 1. The zero-order valence-electron chi connectivity index (χ0n) is 10.8. The van der Waals surface area contributed by atoms with Crippen LogP contribution in [0.2, 0.25) is 0 Å². The van der Waals surface area contributed by atoms with Crippen LogP contribution < -0.4 is 0 Å². The predicted molar refractivity (Wildman–Crippen MR) is 67.3 cm³/mol. The van der Waals surface area contributed by atoms with Gasteiger partial charge in [-0.15, -0.1) is 5.10 Å². The average molecular weight is 281 g/mol. The van der Waals surface area contributed by atoms with Crippen molar-refractivity contribution in [2.24, 2.45) is 0 Å². The predicted octanol–water partition coefficient (Wildman–Crippen LogP) is 2.23. The third-order valence-electron chi connectivity index (χ3n) is 2.62. The van der Waals surface area contributed by atoms with Gasteiger partial charge in [0.2, 0.25) is 0 Å². The molecule has 0 N–H and O–H groups in total.